The van der Waals surface area contributed by atoms with Crippen molar-refractivity contribution in [3.63, 3.8) is 0 Å². The summed E-state index contributed by atoms with van der Waals surface area (Å²) >= 11 is 0. The van der Waals surface area contributed by atoms with Crippen LogP contribution in [0.25, 0.3) is 0 Å². The third-order valence-electron chi connectivity index (χ3n) is 4.01. The van der Waals surface area contributed by atoms with Gasteiger partial charge in [-0.25, -0.2) is 4.79 Å². The molecule has 140 valence electrons. The maximum atomic E-state index is 11.5. The van der Waals surface area contributed by atoms with Gasteiger partial charge in [0, 0.05) is 23.9 Å². The average Bonchev–Trinajstić information content (AvgIpc) is 2.64. The zero-order valence-electron chi connectivity index (χ0n) is 15.1. The molecule has 25 heavy (non-hydrogen) atoms. The highest BCUT2D eigenvalue weighted by Gasteiger charge is 2.14. The van der Waals surface area contributed by atoms with Crippen molar-refractivity contribution in [1.29, 1.82) is 0 Å². The third-order valence-corrected chi connectivity index (χ3v) is 4.82. The lowest BCUT2D eigenvalue weighted by Gasteiger charge is -2.16. The van der Waals surface area contributed by atoms with Crippen molar-refractivity contribution >= 4 is 16.1 Å². The molecule has 0 fully saturated rings. The predicted octanol–water partition coefficient (Wildman–Crippen LogP) is 3.26. The van der Waals surface area contributed by atoms with Crippen molar-refractivity contribution in [2.24, 2.45) is 0 Å². The van der Waals surface area contributed by atoms with Crippen LogP contribution in [0.5, 0.6) is 0 Å². The molecule has 0 saturated heterocycles. The second-order valence-electron chi connectivity index (χ2n) is 6.15. The standard InChI is InChI=1S/C18H27NO5S/c1-13(2)18(20)24-11-9-16-15(4)14(3)8-10-19-17(16)7-5-6-12-25(21,22)23/h8,10,19H,1,5-7,9,11-12H2,2-4H3,(H,21,22,23). The Morgan fingerprint density at radius 2 is 1.96 bits per heavy atom. The van der Waals surface area contributed by atoms with E-state index in [0.29, 0.717) is 31.3 Å². The van der Waals surface area contributed by atoms with E-state index in [-0.39, 0.29) is 12.4 Å². The number of ether oxygens (including phenoxy) is 1. The van der Waals surface area contributed by atoms with Crippen molar-refractivity contribution < 1.29 is 22.5 Å². The highest BCUT2D eigenvalue weighted by Crippen LogP contribution is 2.26. The molecule has 6 nitrogen and oxygen atoms in total. The molecule has 0 aliphatic carbocycles. The van der Waals surface area contributed by atoms with Gasteiger partial charge in [-0.3, -0.25) is 4.55 Å². The number of rotatable bonds is 9. The topological polar surface area (TPSA) is 92.7 Å². The number of unbranched alkanes of at least 4 members (excludes halogenated alkanes) is 1. The second-order valence-corrected chi connectivity index (χ2v) is 7.72. The first kappa shape index (κ1) is 21.2. The first-order chi connectivity index (χ1) is 11.6. The van der Waals surface area contributed by atoms with E-state index in [4.69, 9.17) is 9.29 Å². The lowest BCUT2D eigenvalue weighted by molar-refractivity contribution is -0.138. The maximum absolute atomic E-state index is 11.5. The summed E-state index contributed by atoms with van der Waals surface area (Å²) in [6.07, 6.45) is 6.04. The van der Waals surface area contributed by atoms with Gasteiger partial charge in [0.25, 0.3) is 10.1 Å². The molecule has 2 N–H and O–H groups in total. The number of carbonyl (C=O) groups is 1. The first-order valence-corrected chi connectivity index (χ1v) is 9.83. The van der Waals surface area contributed by atoms with Gasteiger partial charge in [-0.15, -0.1) is 0 Å². The number of allylic oxidation sites excluding steroid dienone is 4. The van der Waals surface area contributed by atoms with Gasteiger partial charge >= 0.3 is 5.97 Å². The van der Waals surface area contributed by atoms with Crippen LogP contribution in [0.3, 0.4) is 0 Å². The summed E-state index contributed by atoms with van der Waals surface area (Å²) < 4.78 is 35.6. The van der Waals surface area contributed by atoms with Crippen molar-refractivity contribution in [2.45, 2.75) is 46.5 Å². The van der Waals surface area contributed by atoms with E-state index in [2.05, 4.69) is 11.9 Å². The number of nitrogens with one attached hydrogen (secondary N) is 1. The molecule has 1 heterocycles. The van der Waals surface area contributed by atoms with Gasteiger partial charge in [-0.05, 0) is 62.8 Å². The van der Waals surface area contributed by atoms with Crippen molar-refractivity contribution in [3.8, 4) is 0 Å². The van der Waals surface area contributed by atoms with Gasteiger partial charge in [0.15, 0.2) is 0 Å². The molecule has 0 radical (unpaired) electrons. The molecule has 0 amide bonds. The fraction of sp³-hybridized carbons (Fsp3) is 0.500. The summed E-state index contributed by atoms with van der Waals surface area (Å²) in [6.45, 7) is 9.44. The normalized spacial score (nSPS) is 15.0. The molecule has 0 spiro atoms. The highest BCUT2D eigenvalue weighted by atomic mass is 32.2. The fourth-order valence-corrected chi connectivity index (χ4v) is 3.03. The van der Waals surface area contributed by atoms with Crippen molar-refractivity contribution in [2.75, 3.05) is 12.4 Å². The Labute approximate surface area is 150 Å². The summed E-state index contributed by atoms with van der Waals surface area (Å²) in [7, 11) is -3.92. The molecule has 0 aromatic carbocycles. The highest BCUT2D eigenvalue weighted by molar-refractivity contribution is 7.85. The number of hydrogen-bond donors (Lipinski definition) is 2. The Morgan fingerprint density at radius 3 is 2.56 bits per heavy atom. The van der Waals surface area contributed by atoms with Gasteiger partial charge in [0.2, 0.25) is 0 Å². The molecule has 0 aromatic heterocycles. The van der Waals surface area contributed by atoms with E-state index in [1.54, 1.807) is 6.92 Å². The van der Waals surface area contributed by atoms with Crippen LogP contribution in [0.1, 0.15) is 46.5 Å². The second kappa shape index (κ2) is 9.58. The summed E-state index contributed by atoms with van der Waals surface area (Å²) in [4.78, 5) is 11.5. The number of hydrogen-bond acceptors (Lipinski definition) is 5. The molecular weight excluding hydrogens is 342 g/mol. The van der Waals surface area contributed by atoms with Gasteiger partial charge in [-0.2, -0.15) is 8.42 Å². The Morgan fingerprint density at radius 1 is 1.28 bits per heavy atom. The van der Waals surface area contributed by atoms with Crippen LogP contribution < -0.4 is 5.32 Å². The Hall–Kier alpha value is -1.86. The summed E-state index contributed by atoms with van der Waals surface area (Å²) in [6, 6.07) is 0. The van der Waals surface area contributed by atoms with Crippen LogP contribution in [-0.2, 0) is 19.6 Å². The largest absolute Gasteiger partial charge is 0.462 e. The van der Waals surface area contributed by atoms with Gasteiger partial charge in [0.05, 0.1) is 12.4 Å². The molecule has 0 saturated carbocycles. The molecule has 0 atom stereocenters. The quantitative estimate of drug-likeness (QED) is 0.280. The molecule has 1 aliphatic rings. The van der Waals surface area contributed by atoms with E-state index in [1.807, 2.05) is 26.1 Å². The molecule has 0 unspecified atom stereocenters. The van der Waals surface area contributed by atoms with E-state index in [1.165, 1.54) is 0 Å². The Kier molecular flexibility index (Phi) is 8.12. The van der Waals surface area contributed by atoms with Crippen LogP contribution in [0, 0.1) is 0 Å². The van der Waals surface area contributed by atoms with E-state index in [9.17, 15) is 13.2 Å². The monoisotopic (exact) mass is 369 g/mol. The van der Waals surface area contributed by atoms with Gasteiger partial charge in [0.1, 0.15) is 0 Å². The molecule has 1 rings (SSSR count). The zero-order valence-corrected chi connectivity index (χ0v) is 15.9. The third kappa shape index (κ3) is 7.70. The lowest BCUT2D eigenvalue weighted by atomic mass is 9.96. The minimum Gasteiger partial charge on any atom is -0.462 e. The van der Waals surface area contributed by atoms with E-state index < -0.39 is 16.1 Å². The predicted molar refractivity (Wildman–Crippen MR) is 98.3 cm³/mol. The molecule has 1 aliphatic heterocycles. The molecular formula is C18H27NO5S. The SMILES string of the molecule is C=C(C)C(=O)OCCC1=C(CCCCS(=O)(=O)O)NC=CC(C)=C1C. The molecule has 7 heteroatoms. The number of esters is 1. The summed E-state index contributed by atoms with van der Waals surface area (Å²) in [5.74, 6) is -0.649. The van der Waals surface area contributed by atoms with Gasteiger partial charge in [-0.1, -0.05) is 6.58 Å². The lowest BCUT2D eigenvalue weighted by Crippen LogP contribution is -2.12. The molecule has 0 bridgehead atoms. The van der Waals surface area contributed by atoms with Gasteiger partial charge < -0.3 is 10.1 Å². The number of carbonyl (C=O) groups excluding carboxylic acids is 1. The Bertz CT molecular complexity index is 714. The zero-order chi connectivity index (χ0) is 19.0. The van der Waals surface area contributed by atoms with Crippen LogP contribution >= 0.6 is 0 Å². The van der Waals surface area contributed by atoms with Crippen molar-refractivity contribution in [1.82, 2.24) is 5.32 Å². The smallest absolute Gasteiger partial charge is 0.333 e. The van der Waals surface area contributed by atoms with Crippen LogP contribution in [0.2, 0.25) is 0 Å². The fourth-order valence-electron chi connectivity index (χ4n) is 2.46. The summed E-state index contributed by atoms with van der Waals surface area (Å²) in [5, 5.41) is 3.24. The molecule has 0 aromatic rings. The van der Waals surface area contributed by atoms with Crippen LogP contribution in [0.4, 0.5) is 0 Å². The summed E-state index contributed by atoms with van der Waals surface area (Å²) in [5.41, 5.74) is 4.62. The minimum absolute atomic E-state index is 0.241. The first-order valence-electron chi connectivity index (χ1n) is 8.22. The van der Waals surface area contributed by atoms with E-state index in [0.717, 1.165) is 22.4 Å². The van der Waals surface area contributed by atoms with E-state index >= 15 is 0 Å². The van der Waals surface area contributed by atoms with Crippen molar-refractivity contribution in [3.05, 3.63) is 46.8 Å². The maximum Gasteiger partial charge on any atom is 0.333 e. The Balaban J connectivity index is 2.80. The average molecular weight is 369 g/mol. The van der Waals surface area contributed by atoms with Crippen LogP contribution in [0.15, 0.2) is 46.8 Å². The van der Waals surface area contributed by atoms with Crippen LogP contribution in [-0.4, -0.2) is 31.3 Å². The minimum atomic E-state index is -3.92.